The van der Waals surface area contributed by atoms with Gasteiger partial charge >= 0.3 is 0 Å². The van der Waals surface area contributed by atoms with Crippen LogP contribution in [-0.2, 0) is 10.0 Å². The van der Waals surface area contributed by atoms with Crippen LogP contribution in [0, 0.1) is 5.92 Å². The van der Waals surface area contributed by atoms with Crippen molar-refractivity contribution in [1.29, 1.82) is 0 Å². The summed E-state index contributed by atoms with van der Waals surface area (Å²) in [6, 6.07) is 7.26. The number of nitrogens with one attached hydrogen (secondary N) is 1. The molecule has 20 heavy (non-hydrogen) atoms. The van der Waals surface area contributed by atoms with Crippen molar-refractivity contribution in [3.63, 3.8) is 0 Å². The van der Waals surface area contributed by atoms with Gasteiger partial charge in [-0.1, -0.05) is 38.5 Å². The lowest BCUT2D eigenvalue weighted by Gasteiger charge is -2.28. The maximum absolute atomic E-state index is 12.4. The fourth-order valence-corrected chi connectivity index (χ4v) is 3.37. The molecule has 0 fully saturated rings. The molecule has 6 heteroatoms. The summed E-state index contributed by atoms with van der Waals surface area (Å²) in [7, 11) is -3.71. The highest BCUT2D eigenvalue weighted by Crippen LogP contribution is 2.17. The van der Waals surface area contributed by atoms with E-state index in [1.807, 2.05) is 13.8 Å². The Bertz CT molecular complexity index is 492. The van der Waals surface area contributed by atoms with E-state index < -0.39 is 28.8 Å². The van der Waals surface area contributed by atoms with Crippen LogP contribution in [0.3, 0.4) is 0 Å². The molecule has 114 valence electrons. The van der Waals surface area contributed by atoms with Gasteiger partial charge in [-0.05, 0) is 18.1 Å². The summed E-state index contributed by atoms with van der Waals surface area (Å²) in [4.78, 5) is 0.140. The van der Waals surface area contributed by atoms with Gasteiger partial charge in [-0.25, -0.2) is 13.1 Å². The van der Waals surface area contributed by atoms with E-state index in [1.54, 1.807) is 18.2 Å². The van der Waals surface area contributed by atoms with E-state index in [0.717, 1.165) is 0 Å². The number of aliphatic hydroxyl groups excluding tert-OH is 1. The number of hydrogen-bond acceptors (Lipinski definition) is 3. The zero-order chi connectivity index (χ0) is 15.2. The Labute approximate surface area is 120 Å². The Morgan fingerprint density at radius 1 is 1.30 bits per heavy atom. The summed E-state index contributed by atoms with van der Waals surface area (Å²) in [5.41, 5.74) is 0. The largest absolute Gasteiger partial charge is 0.391 e. The van der Waals surface area contributed by atoms with Crippen LogP contribution in [0.25, 0.3) is 0 Å². The Morgan fingerprint density at radius 2 is 1.90 bits per heavy atom. The molecule has 0 radical (unpaired) electrons. The van der Waals surface area contributed by atoms with E-state index in [-0.39, 0.29) is 17.2 Å². The van der Waals surface area contributed by atoms with Crippen LogP contribution in [0.2, 0.25) is 0 Å². The molecule has 1 aromatic carbocycles. The molecule has 0 amide bonds. The average Bonchev–Trinajstić information content (AvgIpc) is 2.45. The number of halogens is 1. The Kier molecular flexibility index (Phi) is 6.58. The Balaban J connectivity index is 2.94. The van der Waals surface area contributed by atoms with Crippen LogP contribution in [0.1, 0.15) is 26.7 Å². The second-order valence-corrected chi connectivity index (χ2v) is 6.60. The van der Waals surface area contributed by atoms with Crippen LogP contribution in [0.5, 0.6) is 0 Å². The van der Waals surface area contributed by atoms with E-state index in [9.17, 15) is 17.9 Å². The highest BCUT2D eigenvalue weighted by molar-refractivity contribution is 7.89. The van der Waals surface area contributed by atoms with Gasteiger partial charge in [-0.3, -0.25) is 4.39 Å². The number of rotatable bonds is 8. The number of alkyl halides is 1. The Morgan fingerprint density at radius 3 is 2.40 bits per heavy atom. The first-order chi connectivity index (χ1) is 9.42. The molecule has 0 aliphatic carbocycles. The Hall–Kier alpha value is -0.980. The zero-order valence-electron chi connectivity index (χ0n) is 11.8. The molecule has 0 saturated heterocycles. The monoisotopic (exact) mass is 303 g/mol. The van der Waals surface area contributed by atoms with Crippen molar-refractivity contribution in [2.75, 3.05) is 6.67 Å². The maximum atomic E-state index is 12.4. The van der Waals surface area contributed by atoms with Gasteiger partial charge in [0.1, 0.15) is 0 Å². The minimum Gasteiger partial charge on any atom is -0.391 e. The fourth-order valence-electron chi connectivity index (χ4n) is 1.97. The van der Waals surface area contributed by atoms with E-state index in [2.05, 4.69) is 4.72 Å². The molecule has 0 unspecified atom stereocenters. The molecule has 0 aliphatic heterocycles. The van der Waals surface area contributed by atoms with Crippen molar-refractivity contribution in [2.24, 2.45) is 5.92 Å². The molecule has 0 bridgehead atoms. The summed E-state index contributed by atoms with van der Waals surface area (Å²) in [6.07, 6.45) is -0.425. The van der Waals surface area contributed by atoms with Crippen LogP contribution in [0.15, 0.2) is 35.2 Å². The molecule has 4 nitrogen and oxygen atoms in total. The highest BCUT2D eigenvalue weighted by atomic mass is 32.2. The molecule has 2 N–H and O–H groups in total. The zero-order valence-corrected chi connectivity index (χ0v) is 12.6. The van der Waals surface area contributed by atoms with Crippen LogP contribution in [-0.4, -0.2) is 32.3 Å². The third-order valence-electron chi connectivity index (χ3n) is 3.42. The molecule has 0 saturated carbocycles. The fraction of sp³-hybridized carbons (Fsp3) is 0.571. The summed E-state index contributed by atoms with van der Waals surface area (Å²) < 4.78 is 39.4. The van der Waals surface area contributed by atoms with Crippen molar-refractivity contribution in [3.8, 4) is 0 Å². The van der Waals surface area contributed by atoms with Gasteiger partial charge in [0.15, 0.2) is 0 Å². The minimum absolute atomic E-state index is 0.0771. The standard InChI is InChI=1S/C14H22FNO3S/c1-3-11(2)14(13(17)9-10-15)16-20(18,19)12-7-5-4-6-8-12/h4-8,11,13-14,16-17H,3,9-10H2,1-2H3/t11-,13-,14-/m0/s1. The first kappa shape index (κ1) is 17.1. The predicted octanol–water partition coefficient (Wildman–Crippen LogP) is 2.10. The normalized spacial score (nSPS) is 16.6. The van der Waals surface area contributed by atoms with Gasteiger partial charge in [0.2, 0.25) is 10.0 Å². The number of benzene rings is 1. The molecule has 3 atom stereocenters. The average molecular weight is 303 g/mol. The number of sulfonamides is 1. The molecular weight excluding hydrogens is 281 g/mol. The SMILES string of the molecule is CC[C@H](C)[C@H](NS(=O)(=O)c1ccccc1)[C@@H](O)CCF. The smallest absolute Gasteiger partial charge is 0.240 e. The second-order valence-electron chi connectivity index (χ2n) is 4.89. The molecule has 1 aromatic rings. The lowest BCUT2D eigenvalue weighted by molar-refractivity contribution is 0.0957. The second kappa shape index (κ2) is 7.71. The van der Waals surface area contributed by atoms with Crippen molar-refractivity contribution in [3.05, 3.63) is 30.3 Å². The third-order valence-corrected chi connectivity index (χ3v) is 4.90. The van der Waals surface area contributed by atoms with Gasteiger partial charge in [0, 0.05) is 6.42 Å². The van der Waals surface area contributed by atoms with Gasteiger partial charge in [-0.2, -0.15) is 0 Å². The van der Waals surface area contributed by atoms with Crippen molar-refractivity contribution in [1.82, 2.24) is 4.72 Å². The lowest BCUT2D eigenvalue weighted by Crippen LogP contribution is -2.47. The lowest BCUT2D eigenvalue weighted by atomic mass is 9.94. The number of aliphatic hydroxyl groups is 1. The van der Waals surface area contributed by atoms with Crippen LogP contribution >= 0.6 is 0 Å². The van der Waals surface area contributed by atoms with Gasteiger partial charge in [0.25, 0.3) is 0 Å². The summed E-state index contributed by atoms with van der Waals surface area (Å²) in [6.45, 7) is 3.05. The topological polar surface area (TPSA) is 66.4 Å². The molecule has 0 aliphatic rings. The summed E-state index contributed by atoms with van der Waals surface area (Å²) in [5, 5.41) is 9.95. The minimum atomic E-state index is -3.71. The quantitative estimate of drug-likeness (QED) is 0.773. The molecule has 0 heterocycles. The predicted molar refractivity (Wildman–Crippen MR) is 76.6 cm³/mol. The van der Waals surface area contributed by atoms with E-state index in [1.165, 1.54) is 12.1 Å². The molecular formula is C14H22FNO3S. The summed E-state index contributed by atoms with van der Waals surface area (Å²) in [5.74, 6) is -0.0879. The molecule has 0 spiro atoms. The van der Waals surface area contributed by atoms with Gasteiger partial charge in [-0.15, -0.1) is 0 Å². The number of hydrogen-bond donors (Lipinski definition) is 2. The van der Waals surface area contributed by atoms with Crippen molar-refractivity contribution >= 4 is 10.0 Å². The first-order valence-electron chi connectivity index (χ1n) is 6.73. The third kappa shape index (κ3) is 4.54. The molecule has 0 aromatic heterocycles. The maximum Gasteiger partial charge on any atom is 0.240 e. The summed E-state index contributed by atoms with van der Waals surface area (Å²) >= 11 is 0. The van der Waals surface area contributed by atoms with Gasteiger partial charge in [0.05, 0.1) is 23.7 Å². The van der Waals surface area contributed by atoms with Crippen molar-refractivity contribution in [2.45, 2.75) is 43.7 Å². The molecule has 1 rings (SSSR count). The van der Waals surface area contributed by atoms with Gasteiger partial charge < -0.3 is 5.11 Å². The van der Waals surface area contributed by atoms with Crippen molar-refractivity contribution < 1.29 is 17.9 Å². The highest BCUT2D eigenvalue weighted by Gasteiger charge is 2.29. The van der Waals surface area contributed by atoms with Crippen LogP contribution < -0.4 is 4.72 Å². The van der Waals surface area contributed by atoms with E-state index in [0.29, 0.717) is 6.42 Å². The van der Waals surface area contributed by atoms with Crippen LogP contribution in [0.4, 0.5) is 4.39 Å². The first-order valence-corrected chi connectivity index (χ1v) is 8.22. The van der Waals surface area contributed by atoms with E-state index in [4.69, 9.17) is 0 Å². The van der Waals surface area contributed by atoms with E-state index >= 15 is 0 Å².